The minimum absolute atomic E-state index is 0.289. The molecule has 0 aliphatic rings. The fourth-order valence-electron chi connectivity index (χ4n) is 1.71. The molecule has 0 aromatic heterocycles. The fourth-order valence-corrected chi connectivity index (χ4v) is 4.13. The smallest absolute Gasteiger partial charge is 0.321 e. The molecule has 0 heterocycles. The Morgan fingerprint density at radius 1 is 1.06 bits per heavy atom. The van der Waals surface area contributed by atoms with Gasteiger partial charge in [0.1, 0.15) is 0 Å². The molecule has 10 heteroatoms. The third-order valence-corrected chi connectivity index (χ3v) is 4.28. The molecule has 8 nitrogen and oxygen atoms in total. The summed E-state index contributed by atoms with van der Waals surface area (Å²) in [7, 11) is -5.46. The molecule has 0 aromatic carbocycles. The highest BCUT2D eigenvalue weighted by Crippen LogP contribution is 2.43. The second-order valence-corrected chi connectivity index (χ2v) is 7.64. The molecule has 0 rings (SSSR count). The molecule has 0 spiro atoms. The number of hydrogen-bond donors (Lipinski definition) is 5. The molecule has 0 bridgehead atoms. The molecule has 0 amide bonds. The van der Waals surface area contributed by atoms with Crippen molar-refractivity contribution in [3.63, 3.8) is 0 Å². The van der Waals surface area contributed by atoms with Crippen LogP contribution in [0.5, 0.6) is 0 Å². The van der Waals surface area contributed by atoms with Gasteiger partial charge in [-0.05, 0) is 7.05 Å². The van der Waals surface area contributed by atoms with Crippen LogP contribution < -0.4 is 5.32 Å². The van der Waals surface area contributed by atoms with Gasteiger partial charge in [0.25, 0.3) is 0 Å². The van der Waals surface area contributed by atoms with Crippen LogP contribution in [0.4, 0.5) is 0 Å². The topological polar surface area (TPSA) is 127 Å². The molecule has 0 aliphatic heterocycles. The monoisotopic (exact) mass is 291 g/mol. The maximum atomic E-state index is 11.0. The standard InChI is InChI=1S/C7H20N2O6P2/c1-8-4-3-5-9(2,6-16(10,11)12)7-17(13,14)15/h8H,3-7H2,1-2H3,(H3-,10,11,12,13,14,15)/p+1. The van der Waals surface area contributed by atoms with Gasteiger partial charge in [-0.25, -0.2) is 0 Å². The predicted octanol–water partition coefficient (Wildman–Crippen LogP) is -0.687. The van der Waals surface area contributed by atoms with E-state index in [-0.39, 0.29) is 11.0 Å². The van der Waals surface area contributed by atoms with Crippen LogP contribution >= 0.6 is 15.2 Å². The second kappa shape index (κ2) is 6.41. The molecule has 104 valence electrons. The van der Waals surface area contributed by atoms with Crippen LogP contribution in [0.1, 0.15) is 6.42 Å². The summed E-state index contributed by atoms with van der Waals surface area (Å²) < 4.78 is 21.6. The first-order valence-corrected chi connectivity index (χ1v) is 8.64. The maximum absolute atomic E-state index is 11.0. The number of nitrogens with zero attached hydrogens (tertiary/aromatic N) is 1. The van der Waals surface area contributed by atoms with Gasteiger partial charge in [-0.2, -0.15) is 0 Å². The van der Waals surface area contributed by atoms with Gasteiger partial charge in [0.15, 0.2) is 12.6 Å². The summed E-state index contributed by atoms with van der Waals surface area (Å²) in [5.41, 5.74) is 0. The molecule has 0 saturated carbocycles. The fraction of sp³-hybridized carbons (Fsp3) is 1.00. The average Bonchev–Trinajstić information content (AvgIpc) is 1.96. The van der Waals surface area contributed by atoms with Gasteiger partial charge in [-0.15, -0.1) is 0 Å². The highest BCUT2D eigenvalue weighted by Gasteiger charge is 2.37. The zero-order valence-electron chi connectivity index (χ0n) is 9.98. The Morgan fingerprint density at radius 2 is 1.47 bits per heavy atom. The Labute approximate surface area is 101 Å². The summed E-state index contributed by atoms with van der Waals surface area (Å²) in [6, 6.07) is 0. The number of hydrogen-bond acceptors (Lipinski definition) is 3. The van der Waals surface area contributed by atoms with Crippen molar-refractivity contribution in [2.24, 2.45) is 0 Å². The highest BCUT2D eigenvalue weighted by atomic mass is 31.2. The molecular formula is C7H21N2O6P2+. The van der Waals surface area contributed by atoms with Crippen LogP contribution in [0.25, 0.3) is 0 Å². The average molecular weight is 291 g/mol. The SMILES string of the molecule is CNCCC[N+](C)(CP(=O)(O)O)CP(=O)(O)O. The molecule has 5 N–H and O–H groups in total. The van der Waals surface area contributed by atoms with Gasteiger partial charge in [-0.3, -0.25) is 9.13 Å². The molecule has 0 fully saturated rings. The second-order valence-electron chi connectivity index (χ2n) is 4.41. The lowest BCUT2D eigenvalue weighted by Crippen LogP contribution is -2.46. The zero-order chi connectivity index (χ0) is 13.7. The molecule has 0 atom stereocenters. The molecule has 0 aromatic rings. The van der Waals surface area contributed by atoms with E-state index in [1.54, 1.807) is 7.05 Å². The quantitative estimate of drug-likeness (QED) is 0.227. The van der Waals surface area contributed by atoms with E-state index in [0.717, 1.165) is 0 Å². The minimum atomic E-state index is -4.31. The molecule has 0 saturated heterocycles. The van der Waals surface area contributed by atoms with Crippen molar-refractivity contribution >= 4 is 15.2 Å². The van der Waals surface area contributed by atoms with Gasteiger partial charge in [0.05, 0.1) is 13.6 Å². The van der Waals surface area contributed by atoms with Crippen molar-refractivity contribution < 1.29 is 33.2 Å². The first-order chi connectivity index (χ1) is 7.47. The van der Waals surface area contributed by atoms with Crippen molar-refractivity contribution in [2.75, 3.05) is 39.8 Å². The minimum Gasteiger partial charge on any atom is -0.321 e. The maximum Gasteiger partial charge on any atom is 0.379 e. The zero-order valence-corrected chi connectivity index (χ0v) is 11.8. The molecule has 17 heavy (non-hydrogen) atoms. The molecule has 0 unspecified atom stereocenters. The van der Waals surface area contributed by atoms with Gasteiger partial charge < -0.3 is 29.4 Å². The van der Waals surface area contributed by atoms with Crippen LogP contribution in [0, 0.1) is 0 Å². The third-order valence-electron chi connectivity index (χ3n) is 2.18. The molecule has 0 aliphatic carbocycles. The van der Waals surface area contributed by atoms with E-state index in [9.17, 15) is 9.13 Å². The first kappa shape index (κ1) is 17.2. The van der Waals surface area contributed by atoms with Gasteiger partial charge in [0.2, 0.25) is 0 Å². The van der Waals surface area contributed by atoms with Crippen LogP contribution in [0.15, 0.2) is 0 Å². The van der Waals surface area contributed by atoms with Gasteiger partial charge in [0, 0.05) is 13.0 Å². The van der Waals surface area contributed by atoms with E-state index >= 15 is 0 Å². The Kier molecular flexibility index (Phi) is 6.49. The highest BCUT2D eigenvalue weighted by molar-refractivity contribution is 7.52. The van der Waals surface area contributed by atoms with E-state index < -0.39 is 27.8 Å². The van der Waals surface area contributed by atoms with E-state index in [1.165, 1.54) is 7.05 Å². The Morgan fingerprint density at radius 3 is 1.76 bits per heavy atom. The van der Waals surface area contributed by atoms with Gasteiger partial charge in [-0.1, -0.05) is 0 Å². The predicted molar refractivity (Wildman–Crippen MR) is 63.4 cm³/mol. The summed E-state index contributed by atoms with van der Waals surface area (Å²) in [6.07, 6.45) is -0.559. The van der Waals surface area contributed by atoms with Crippen molar-refractivity contribution in [3.8, 4) is 0 Å². The Hall–Kier alpha value is 0.220. The summed E-state index contributed by atoms with van der Waals surface area (Å²) >= 11 is 0. The number of quaternary nitrogens is 1. The van der Waals surface area contributed by atoms with Crippen LogP contribution in [0.3, 0.4) is 0 Å². The largest absolute Gasteiger partial charge is 0.379 e. The molecular weight excluding hydrogens is 270 g/mol. The lowest BCUT2D eigenvalue weighted by Gasteiger charge is -2.34. The van der Waals surface area contributed by atoms with E-state index in [2.05, 4.69) is 5.32 Å². The summed E-state index contributed by atoms with van der Waals surface area (Å²) in [6.45, 7) is 0.910. The summed E-state index contributed by atoms with van der Waals surface area (Å²) in [4.78, 5) is 35.7. The van der Waals surface area contributed by atoms with Crippen LogP contribution in [-0.4, -0.2) is 63.8 Å². The third kappa shape index (κ3) is 9.88. The normalized spacial score (nSPS) is 14.0. The van der Waals surface area contributed by atoms with E-state index in [1.807, 2.05) is 0 Å². The lowest BCUT2D eigenvalue weighted by atomic mass is 10.4. The number of rotatable bonds is 8. The van der Waals surface area contributed by atoms with E-state index in [0.29, 0.717) is 13.0 Å². The van der Waals surface area contributed by atoms with Crippen LogP contribution in [0.2, 0.25) is 0 Å². The molecule has 0 radical (unpaired) electrons. The number of nitrogens with one attached hydrogen (secondary N) is 1. The summed E-state index contributed by atoms with van der Waals surface area (Å²) in [5, 5.41) is 2.87. The van der Waals surface area contributed by atoms with Gasteiger partial charge >= 0.3 is 15.2 Å². The van der Waals surface area contributed by atoms with Crippen molar-refractivity contribution in [1.29, 1.82) is 0 Å². The lowest BCUT2D eigenvalue weighted by molar-refractivity contribution is -0.889. The Bertz CT molecular complexity index is 300. The van der Waals surface area contributed by atoms with Crippen molar-refractivity contribution in [1.82, 2.24) is 5.32 Å². The van der Waals surface area contributed by atoms with Crippen molar-refractivity contribution in [3.05, 3.63) is 0 Å². The van der Waals surface area contributed by atoms with Crippen LogP contribution in [-0.2, 0) is 9.13 Å². The summed E-state index contributed by atoms with van der Waals surface area (Å²) in [5.74, 6) is 0. The van der Waals surface area contributed by atoms with Crippen molar-refractivity contribution in [2.45, 2.75) is 6.42 Å². The Balaban J connectivity index is 4.69. The van der Waals surface area contributed by atoms with E-state index in [4.69, 9.17) is 19.6 Å². The first-order valence-electron chi connectivity index (χ1n) is 5.05.